The zero-order valence-electron chi connectivity index (χ0n) is 43.3. The van der Waals surface area contributed by atoms with Crippen LogP contribution in [0.4, 0.5) is 34.1 Å². The zero-order valence-corrected chi connectivity index (χ0v) is 44.9. The third-order valence-electron chi connectivity index (χ3n) is 15.3. The number of para-hydroxylation sites is 2. The number of fused-ring (bicyclic) bond motifs is 6. The van der Waals surface area contributed by atoms with Gasteiger partial charge in [-0.25, -0.2) is 0 Å². The van der Waals surface area contributed by atoms with Crippen LogP contribution in [-0.2, 0) is 0 Å². The van der Waals surface area contributed by atoms with Crippen LogP contribution >= 0.6 is 22.7 Å². The standard InChI is InChI=1S/C74H52N2S2/c1-49-45-55(33-41-67(49)75(59-37-29-53(30-38-59)51-17-5-3-6-18-51)69-25-13-9-21-61(69)57-35-43-73-65(47-57)63-23-11-15-27-71(63)77-73)56-34-42-68(50(2)46-56)76(60-39-31-54(32-40-60)52-19-7-4-8-20-52)70-26-14-10-22-62(70)58-36-44-74-66(48-58)64-24-12-16-28-72(64)78-74/h3-48H,1-2H3. The van der Waals surface area contributed by atoms with Crippen molar-refractivity contribution in [3.8, 4) is 55.6 Å². The molecule has 0 amide bonds. The topological polar surface area (TPSA) is 6.48 Å². The normalized spacial score (nSPS) is 11.5. The Morgan fingerprint density at radius 2 is 0.564 bits per heavy atom. The molecule has 0 aliphatic heterocycles. The molecule has 4 heteroatoms. The molecule has 0 saturated carbocycles. The fraction of sp³-hybridized carbons (Fsp3) is 0.0270. The molecule has 14 rings (SSSR count). The maximum absolute atomic E-state index is 2.45. The van der Waals surface area contributed by atoms with Gasteiger partial charge in [-0.2, -0.15) is 0 Å². The van der Waals surface area contributed by atoms with E-state index >= 15 is 0 Å². The first kappa shape index (κ1) is 47.2. The monoisotopic (exact) mass is 1030 g/mol. The second kappa shape index (κ2) is 20.0. The van der Waals surface area contributed by atoms with Crippen LogP contribution in [0.1, 0.15) is 11.1 Å². The average Bonchev–Trinajstić information content (AvgIpc) is 4.15. The molecule has 2 heterocycles. The third kappa shape index (κ3) is 8.62. The highest BCUT2D eigenvalue weighted by Crippen LogP contribution is 2.48. The van der Waals surface area contributed by atoms with Crippen LogP contribution in [-0.4, -0.2) is 0 Å². The van der Waals surface area contributed by atoms with E-state index in [1.165, 1.54) is 107 Å². The van der Waals surface area contributed by atoms with Crippen molar-refractivity contribution in [2.75, 3.05) is 9.80 Å². The number of thiophene rings is 2. The lowest BCUT2D eigenvalue weighted by Crippen LogP contribution is -2.13. The van der Waals surface area contributed by atoms with Gasteiger partial charge in [0.2, 0.25) is 0 Å². The molecule has 0 atom stereocenters. The molecule has 0 radical (unpaired) electrons. The summed E-state index contributed by atoms with van der Waals surface area (Å²) < 4.78 is 5.23. The smallest absolute Gasteiger partial charge is 0.0540 e. The molecule has 0 unspecified atom stereocenters. The molecule has 14 aromatic rings. The van der Waals surface area contributed by atoms with Gasteiger partial charge in [-0.1, -0.05) is 182 Å². The van der Waals surface area contributed by atoms with Gasteiger partial charge >= 0.3 is 0 Å². The van der Waals surface area contributed by atoms with Crippen LogP contribution in [0.15, 0.2) is 279 Å². The lowest BCUT2D eigenvalue weighted by Gasteiger charge is -2.30. The van der Waals surface area contributed by atoms with E-state index in [0.29, 0.717) is 0 Å². The molecular weight excluding hydrogens is 981 g/mol. The lowest BCUT2D eigenvalue weighted by molar-refractivity contribution is 1.24. The Bertz CT molecular complexity index is 4220. The first-order valence-electron chi connectivity index (χ1n) is 26.6. The molecule has 0 spiro atoms. The van der Waals surface area contributed by atoms with Crippen molar-refractivity contribution in [1.29, 1.82) is 0 Å². The Balaban J connectivity index is 0.863. The lowest BCUT2D eigenvalue weighted by atomic mass is 9.96. The predicted molar refractivity (Wildman–Crippen MR) is 338 cm³/mol. The molecule has 0 aliphatic carbocycles. The summed E-state index contributed by atoms with van der Waals surface area (Å²) in [4.78, 5) is 4.90. The molecule has 2 nitrogen and oxygen atoms in total. The van der Waals surface area contributed by atoms with Crippen LogP contribution in [0.2, 0.25) is 0 Å². The summed E-state index contributed by atoms with van der Waals surface area (Å²) in [6.07, 6.45) is 0. The number of hydrogen-bond donors (Lipinski definition) is 0. The molecule has 0 bridgehead atoms. The fourth-order valence-corrected chi connectivity index (χ4v) is 13.6. The number of anilines is 6. The van der Waals surface area contributed by atoms with Crippen molar-refractivity contribution >= 4 is 97.1 Å². The van der Waals surface area contributed by atoms with E-state index in [-0.39, 0.29) is 0 Å². The first-order valence-corrected chi connectivity index (χ1v) is 28.3. The molecular formula is C74H52N2S2. The van der Waals surface area contributed by atoms with Gasteiger partial charge in [0.05, 0.1) is 11.4 Å². The van der Waals surface area contributed by atoms with Crippen LogP contribution in [0, 0.1) is 13.8 Å². The number of hydrogen-bond acceptors (Lipinski definition) is 4. The summed E-state index contributed by atoms with van der Waals surface area (Å²) in [6, 6.07) is 103. The van der Waals surface area contributed by atoms with Gasteiger partial charge in [0, 0.05) is 74.2 Å². The molecule has 0 saturated heterocycles. The Hall–Kier alpha value is -9.32. The average molecular weight is 1030 g/mol. The van der Waals surface area contributed by atoms with Gasteiger partial charge < -0.3 is 9.80 Å². The van der Waals surface area contributed by atoms with Gasteiger partial charge in [0.1, 0.15) is 0 Å². The van der Waals surface area contributed by atoms with Gasteiger partial charge in [0.15, 0.2) is 0 Å². The van der Waals surface area contributed by atoms with Crippen LogP contribution in [0.3, 0.4) is 0 Å². The largest absolute Gasteiger partial charge is 0.310 e. The third-order valence-corrected chi connectivity index (χ3v) is 17.6. The Morgan fingerprint density at radius 1 is 0.231 bits per heavy atom. The number of benzene rings is 12. The van der Waals surface area contributed by atoms with Crippen molar-refractivity contribution in [3.63, 3.8) is 0 Å². The highest BCUT2D eigenvalue weighted by atomic mass is 32.1. The molecule has 0 N–H and O–H groups in total. The molecule has 78 heavy (non-hydrogen) atoms. The van der Waals surface area contributed by atoms with Crippen LogP contribution in [0.25, 0.3) is 96.0 Å². The molecule has 370 valence electrons. The Kier molecular flexibility index (Phi) is 12.1. The van der Waals surface area contributed by atoms with Crippen molar-refractivity contribution < 1.29 is 0 Å². The highest BCUT2D eigenvalue weighted by molar-refractivity contribution is 7.26. The second-order valence-corrected chi connectivity index (χ2v) is 22.3. The quantitative estimate of drug-likeness (QED) is 0.127. The minimum absolute atomic E-state index is 1.10. The van der Waals surface area contributed by atoms with Crippen molar-refractivity contribution in [2.45, 2.75) is 13.8 Å². The van der Waals surface area contributed by atoms with Gasteiger partial charge in [0.25, 0.3) is 0 Å². The predicted octanol–water partition coefficient (Wildman–Crippen LogP) is 22.3. The van der Waals surface area contributed by atoms with E-state index in [1.54, 1.807) is 0 Å². The van der Waals surface area contributed by atoms with Crippen molar-refractivity contribution in [1.82, 2.24) is 0 Å². The SMILES string of the molecule is Cc1cc(-c2ccc(N(c3ccc(-c4ccccc4)cc3)c3ccccc3-c3ccc4sc5ccccc5c4c3)c(C)c2)ccc1N(c1ccc(-c2ccccc2)cc1)c1ccccc1-c1ccc2sc3ccccc3c2c1. The number of rotatable bonds is 11. The second-order valence-electron chi connectivity index (χ2n) is 20.2. The Labute approximate surface area is 463 Å². The minimum Gasteiger partial charge on any atom is -0.310 e. The summed E-state index contributed by atoms with van der Waals surface area (Å²) in [7, 11) is 0. The van der Waals surface area contributed by atoms with Crippen LogP contribution in [0.5, 0.6) is 0 Å². The number of aryl methyl sites for hydroxylation is 2. The number of nitrogens with zero attached hydrogens (tertiary/aromatic N) is 2. The summed E-state index contributed by atoms with van der Waals surface area (Å²) in [5.74, 6) is 0. The van der Waals surface area contributed by atoms with E-state index in [0.717, 1.165) is 34.1 Å². The van der Waals surface area contributed by atoms with E-state index < -0.39 is 0 Å². The first-order chi connectivity index (χ1) is 38.5. The van der Waals surface area contributed by atoms with E-state index in [1.807, 2.05) is 22.7 Å². The highest BCUT2D eigenvalue weighted by Gasteiger charge is 2.23. The summed E-state index contributed by atoms with van der Waals surface area (Å²) in [6.45, 7) is 4.51. The zero-order chi connectivity index (χ0) is 52.1. The molecule has 0 fully saturated rings. The summed E-state index contributed by atoms with van der Waals surface area (Å²) in [5.41, 5.74) is 20.9. The van der Waals surface area contributed by atoms with E-state index in [9.17, 15) is 0 Å². The van der Waals surface area contributed by atoms with Crippen molar-refractivity contribution in [2.24, 2.45) is 0 Å². The minimum atomic E-state index is 1.10. The maximum atomic E-state index is 2.45. The maximum Gasteiger partial charge on any atom is 0.0540 e. The molecule has 0 aliphatic rings. The van der Waals surface area contributed by atoms with Crippen LogP contribution < -0.4 is 9.80 Å². The van der Waals surface area contributed by atoms with Gasteiger partial charge in [-0.3, -0.25) is 0 Å². The van der Waals surface area contributed by atoms with E-state index in [4.69, 9.17) is 0 Å². The van der Waals surface area contributed by atoms with Gasteiger partial charge in [-0.15, -0.1) is 22.7 Å². The van der Waals surface area contributed by atoms with Gasteiger partial charge in [-0.05, 0) is 167 Å². The summed E-state index contributed by atoms with van der Waals surface area (Å²) >= 11 is 3.72. The fourth-order valence-electron chi connectivity index (χ4n) is 11.5. The summed E-state index contributed by atoms with van der Waals surface area (Å²) in [5, 5.41) is 5.19. The Morgan fingerprint density at radius 3 is 0.987 bits per heavy atom. The van der Waals surface area contributed by atoms with E-state index in [2.05, 4.69) is 303 Å². The van der Waals surface area contributed by atoms with Crippen molar-refractivity contribution in [3.05, 3.63) is 290 Å². The molecule has 2 aromatic heterocycles. The molecule has 12 aromatic carbocycles.